The van der Waals surface area contributed by atoms with E-state index in [1.165, 1.54) is 12.0 Å². The molecular formula is C18H20N2OS. The van der Waals surface area contributed by atoms with Gasteiger partial charge in [0.2, 0.25) is 5.91 Å². The van der Waals surface area contributed by atoms with Crippen molar-refractivity contribution in [2.24, 2.45) is 0 Å². The van der Waals surface area contributed by atoms with Crippen LogP contribution >= 0.6 is 11.3 Å². The summed E-state index contributed by atoms with van der Waals surface area (Å²) in [5.74, 6) is -0.0483. The van der Waals surface area contributed by atoms with E-state index in [9.17, 15) is 4.79 Å². The summed E-state index contributed by atoms with van der Waals surface area (Å²) < 4.78 is 0. The summed E-state index contributed by atoms with van der Waals surface area (Å²) >= 11 is 1.59. The number of amides is 1. The second-order valence-electron chi connectivity index (χ2n) is 5.84. The predicted octanol–water partition coefficient (Wildman–Crippen LogP) is 3.70. The van der Waals surface area contributed by atoms with Gasteiger partial charge in [-0.15, -0.1) is 11.3 Å². The number of thiazole rings is 1. The average Bonchev–Trinajstić information content (AvgIpc) is 2.91. The number of nitrogens with one attached hydrogen (secondary N) is 1. The van der Waals surface area contributed by atoms with Gasteiger partial charge in [-0.2, -0.15) is 0 Å². The summed E-state index contributed by atoms with van der Waals surface area (Å²) in [7, 11) is 0. The molecule has 0 unspecified atom stereocenters. The molecule has 0 aliphatic heterocycles. The molecule has 0 radical (unpaired) electrons. The van der Waals surface area contributed by atoms with Gasteiger partial charge in [-0.1, -0.05) is 36.8 Å². The molecule has 1 amide bonds. The average molecular weight is 312 g/mol. The van der Waals surface area contributed by atoms with E-state index in [0.29, 0.717) is 6.54 Å². The van der Waals surface area contributed by atoms with Crippen LogP contribution in [0.15, 0.2) is 41.8 Å². The number of carbonyl (C=O) groups is 1. The molecule has 1 aliphatic carbocycles. The summed E-state index contributed by atoms with van der Waals surface area (Å²) in [6.45, 7) is 2.67. The van der Waals surface area contributed by atoms with Crippen molar-refractivity contribution in [3.05, 3.63) is 58.1 Å². The second-order valence-corrected chi connectivity index (χ2v) is 6.90. The van der Waals surface area contributed by atoms with E-state index in [-0.39, 0.29) is 11.3 Å². The Bertz CT molecular complexity index is 671. The van der Waals surface area contributed by atoms with Crippen molar-refractivity contribution < 1.29 is 4.79 Å². The maximum atomic E-state index is 12.0. The zero-order valence-electron chi connectivity index (χ0n) is 12.7. The normalized spacial score (nSPS) is 16.4. The van der Waals surface area contributed by atoms with Crippen molar-refractivity contribution >= 4 is 23.3 Å². The Morgan fingerprint density at radius 2 is 2.14 bits per heavy atom. The lowest BCUT2D eigenvalue weighted by molar-refractivity contribution is -0.116. The first-order chi connectivity index (χ1) is 10.7. The molecule has 1 fully saturated rings. The zero-order chi connectivity index (χ0) is 15.4. The highest BCUT2D eigenvalue weighted by Crippen LogP contribution is 2.43. The molecule has 1 aliphatic rings. The fourth-order valence-electron chi connectivity index (χ4n) is 2.90. The molecule has 1 heterocycles. The van der Waals surface area contributed by atoms with Crippen LogP contribution < -0.4 is 5.32 Å². The molecule has 0 atom stereocenters. The summed E-state index contributed by atoms with van der Waals surface area (Å²) in [6, 6.07) is 10.5. The van der Waals surface area contributed by atoms with Crippen molar-refractivity contribution in [2.75, 3.05) is 6.54 Å². The van der Waals surface area contributed by atoms with Gasteiger partial charge in [0, 0.05) is 23.4 Å². The lowest BCUT2D eigenvalue weighted by Gasteiger charge is -2.42. The van der Waals surface area contributed by atoms with E-state index in [0.717, 1.165) is 23.5 Å². The van der Waals surface area contributed by atoms with Crippen molar-refractivity contribution in [2.45, 2.75) is 31.6 Å². The Balaban J connectivity index is 1.59. The number of benzene rings is 1. The van der Waals surface area contributed by atoms with Gasteiger partial charge in [0.25, 0.3) is 0 Å². The Morgan fingerprint density at radius 3 is 2.73 bits per heavy atom. The van der Waals surface area contributed by atoms with E-state index in [2.05, 4.69) is 34.6 Å². The Hall–Kier alpha value is -1.94. The number of aryl methyl sites for hydroxylation is 1. The number of rotatable bonds is 5. The van der Waals surface area contributed by atoms with Crippen LogP contribution in [-0.4, -0.2) is 17.4 Å². The summed E-state index contributed by atoms with van der Waals surface area (Å²) in [5.41, 5.74) is 2.31. The first-order valence-corrected chi connectivity index (χ1v) is 8.50. The monoisotopic (exact) mass is 312 g/mol. The molecule has 3 rings (SSSR count). The molecule has 2 aromatic rings. The van der Waals surface area contributed by atoms with Crippen LogP contribution in [0.25, 0.3) is 6.08 Å². The maximum absolute atomic E-state index is 12.0. The molecule has 1 saturated carbocycles. The number of hydrogen-bond acceptors (Lipinski definition) is 3. The SMILES string of the molecule is Cc1nc(/C=C/C(=O)NCC2(c3ccccc3)CCC2)cs1. The van der Waals surface area contributed by atoms with E-state index < -0.39 is 0 Å². The zero-order valence-corrected chi connectivity index (χ0v) is 13.5. The predicted molar refractivity (Wildman–Crippen MR) is 90.9 cm³/mol. The van der Waals surface area contributed by atoms with Crippen LogP contribution in [0.2, 0.25) is 0 Å². The number of hydrogen-bond donors (Lipinski definition) is 1. The molecule has 114 valence electrons. The first-order valence-electron chi connectivity index (χ1n) is 7.62. The van der Waals surface area contributed by atoms with Gasteiger partial charge < -0.3 is 5.32 Å². The largest absolute Gasteiger partial charge is 0.352 e. The maximum Gasteiger partial charge on any atom is 0.244 e. The topological polar surface area (TPSA) is 42.0 Å². The lowest BCUT2D eigenvalue weighted by Crippen LogP contribution is -2.45. The van der Waals surface area contributed by atoms with Gasteiger partial charge in [-0.25, -0.2) is 4.98 Å². The van der Waals surface area contributed by atoms with E-state index >= 15 is 0 Å². The van der Waals surface area contributed by atoms with Gasteiger partial charge in [0.05, 0.1) is 10.7 Å². The van der Waals surface area contributed by atoms with Crippen molar-refractivity contribution in [1.82, 2.24) is 10.3 Å². The van der Waals surface area contributed by atoms with Gasteiger partial charge >= 0.3 is 0 Å². The highest BCUT2D eigenvalue weighted by Gasteiger charge is 2.38. The van der Waals surface area contributed by atoms with Crippen molar-refractivity contribution in [3.63, 3.8) is 0 Å². The Morgan fingerprint density at radius 1 is 1.36 bits per heavy atom. The van der Waals surface area contributed by atoms with Crippen LogP contribution in [-0.2, 0) is 10.2 Å². The quantitative estimate of drug-likeness (QED) is 0.855. The summed E-state index contributed by atoms with van der Waals surface area (Å²) in [5, 5.41) is 6.02. The summed E-state index contributed by atoms with van der Waals surface area (Å²) in [4.78, 5) is 16.3. The fraction of sp³-hybridized carbons (Fsp3) is 0.333. The Kier molecular flexibility index (Phi) is 4.39. The molecule has 22 heavy (non-hydrogen) atoms. The third-order valence-electron chi connectivity index (χ3n) is 4.34. The molecule has 0 bridgehead atoms. The van der Waals surface area contributed by atoms with E-state index in [1.54, 1.807) is 23.5 Å². The van der Waals surface area contributed by atoms with Crippen LogP contribution in [0, 0.1) is 6.92 Å². The molecule has 1 aromatic heterocycles. The van der Waals surface area contributed by atoms with E-state index in [4.69, 9.17) is 0 Å². The van der Waals surface area contributed by atoms with Crippen LogP contribution in [0.3, 0.4) is 0 Å². The smallest absolute Gasteiger partial charge is 0.244 e. The van der Waals surface area contributed by atoms with E-state index in [1.807, 2.05) is 18.4 Å². The third kappa shape index (κ3) is 3.28. The molecule has 0 spiro atoms. The fourth-order valence-corrected chi connectivity index (χ4v) is 3.48. The molecule has 1 aromatic carbocycles. The second kappa shape index (κ2) is 6.44. The molecular weight excluding hydrogens is 292 g/mol. The Labute approximate surface area is 135 Å². The van der Waals surface area contributed by atoms with Crippen molar-refractivity contribution in [1.29, 1.82) is 0 Å². The van der Waals surface area contributed by atoms with Gasteiger partial charge in [0.15, 0.2) is 0 Å². The standard InChI is InChI=1S/C18H20N2OS/c1-14-20-16(12-22-14)8-9-17(21)19-13-18(10-5-11-18)15-6-3-2-4-7-15/h2-4,6-9,12H,5,10-11,13H2,1H3,(H,19,21)/b9-8+. The number of aromatic nitrogens is 1. The van der Waals surface area contributed by atoms with Gasteiger partial charge in [-0.3, -0.25) is 4.79 Å². The minimum Gasteiger partial charge on any atom is -0.352 e. The van der Waals surface area contributed by atoms with Gasteiger partial charge in [0.1, 0.15) is 0 Å². The van der Waals surface area contributed by atoms with Crippen LogP contribution in [0.4, 0.5) is 0 Å². The van der Waals surface area contributed by atoms with Crippen LogP contribution in [0.1, 0.15) is 35.5 Å². The molecule has 0 saturated heterocycles. The molecule has 1 N–H and O–H groups in total. The third-order valence-corrected chi connectivity index (χ3v) is 5.13. The van der Waals surface area contributed by atoms with Crippen molar-refractivity contribution in [3.8, 4) is 0 Å². The number of carbonyl (C=O) groups excluding carboxylic acids is 1. The van der Waals surface area contributed by atoms with Gasteiger partial charge in [-0.05, 0) is 31.4 Å². The first kappa shape index (κ1) is 15.0. The van der Waals surface area contributed by atoms with Crippen LogP contribution in [0.5, 0.6) is 0 Å². The minimum atomic E-state index is -0.0483. The number of nitrogens with zero attached hydrogens (tertiary/aromatic N) is 1. The summed E-state index contributed by atoms with van der Waals surface area (Å²) in [6.07, 6.45) is 6.87. The molecule has 4 heteroatoms. The molecule has 3 nitrogen and oxygen atoms in total. The lowest BCUT2D eigenvalue weighted by atomic mass is 9.64. The minimum absolute atomic E-state index is 0.0483. The highest BCUT2D eigenvalue weighted by molar-refractivity contribution is 7.09. The highest BCUT2D eigenvalue weighted by atomic mass is 32.1.